The first-order valence-corrected chi connectivity index (χ1v) is 6.16. The van der Waals surface area contributed by atoms with Gasteiger partial charge in [-0.05, 0) is 17.7 Å². The van der Waals surface area contributed by atoms with Gasteiger partial charge in [0, 0.05) is 5.56 Å². The number of benzene rings is 1. The number of nitrogen functional groups attached to an aromatic ring is 2. The Balaban J connectivity index is 2.56. The summed E-state index contributed by atoms with van der Waals surface area (Å²) in [5, 5.41) is 9.35. The maximum Gasteiger partial charge on any atom is 0.262 e. The fourth-order valence-corrected chi connectivity index (χ4v) is 2.25. The Morgan fingerprint density at radius 3 is 2.73 bits per heavy atom. The fourth-order valence-electron chi connectivity index (χ4n) is 2.25. The highest BCUT2D eigenvalue weighted by Gasteiger charge is 2.19. The average molecular weight is 296 g/mol. The van der Waals surface area contributed by atoms with Crippen LogP contribution in [0.25, 0.3) is 22.2 Å². The van der Waals surface area contributed by atoms with Crippen molar-refractivity contribution in [3.05, 3.63) is 46.0 Å². The maximum absolute atomic E-state index is 13.5. The van der Waals surface area contributed by atoms with Crippen LogP contribution in [0.4, 0.5) is 16.2 Å². The van der Waals surface area contributed by atoms with E-state index in [2.05, 4.69) is 15.0 Å². The first kappa shape index (κ1) is 13.5. The third-order valence-corrected chi connectivity index (χ3v) is 3.13. The minimum Gasteiger partial charge on any atom is -0.383 e. The van der Waals surface area contributed by atoms with Crippen molar-refractivity contribution in [3.8, 4) is 17.2 Å². The molecule has 0 bridgehead atoms. The molecule has 0 amide bonds. The lowest BCUT2D eigenvalue weighted by molar-refractivity contribution is 0.628. The molecule has 0 aliphatic rings. The molecule has 3 rings (SSSR count). The summed E-state index contributed by atoms with van der Waals surface area (Å²) in [5.41, 5.74) is 11.1. The van der Waals surface area contributed by atoms with Crippen LogP contribution in [-0.2, 0) is 0 Å². The largest absolute Gasteiger partial charge is 0.383 e. The summed E-state index contributed by atoms with van der Waals surface area (Å²) in [7, 11) is 0. The standard InChI is InChI=1S/C14H9FN6O/c15-7-3-1-2-6(4-7)9-8(5-16)11(17)19-12-10(9)13(22)21-14(18)20-12/h1-4H,(H5,17,18,19,20,21,22). The van der Waals surface area contributed by atoms with Crippen molar-refractivity contribution >= 4 is 22.8 Å². The first-order chi connectivity index (χ1) is 10.5. The summed E-state index contributed by atoms with van der Waals surface area (Å²) in [6.45, 7) is 0. The highest BCUT2D eigenvalue weighted by molar-refractivity contribution is 5.97. The number of fused-ring (bicyclic) bond motifs is 1. The molecule has 0 atom stereocenters. The predicted molar refractivity (Wildman–Crippen MR) is 79.1 cm³/mol. The highest BCUT2D eigenvalue weighted by atomic mass is 19.1. The number of aromatic nitrogens is 3. The van der Waals surface area contributed by atoms with Crippen LogP contribution in [0.1, 0.15) is 5.56 Å². The second kappa shape index (κ2) is 4.82. The molecule has 5 N–H and O–H groups in total. The van der Waals surface area contributed by atoms with Crippen molar-refractivity contribution in [3.63, 3.8) is 0 Å². The van der Waals surface area contributed by atoms with Crippen molar-refractivity contribution in [1.29, 1.82) is 5.26 Å². The second-order valence-electron chi connectivity index (χ2n) is 4.52. The lowest BCUT2D eigenvalue weighted by Crippen LogP contribution is -2.15. The number of aromatic amines is 1. The number of nitriles is 1. The predicted octanol–water partition coefficient (Wildman–Crippen LogP) is 1.16. The molecule has 1 aromatic carbocycles. The van der Waals surface area contributed by atoms with Gasteiger partial charge in [-0.1, -0.05) is 12.1 Å². The molecule has 3 aromatic rings. The van der Waals surface area contributed by atoms with Gasteiger partial charge in [-0.2, -0.15) is 10.2 Å². The van der Waals surface area contributed by atoms with Gasteiger partial charge in [0.05, 0.1) is 5.39 Å². The summed E-state index contributed by atoms with van der Waals surface area (Å²) in [4.78, 5) is 22.4. The first-order valence-electron chi connectivity index (χ1n) is 6.16. The van der Waals surface area contributed by atoms with Crippen LogP contribution in [0.2, 0.25) is 0 Å². The van der Waals surface area contributed by atoms with E-state index in [-0.39, 0.29) is 33.9 Å². The van der Waals surface area contributed by atoms with Gasteiger partial charge >= 0.3 is 0 Å². The summed E-state index contributed by atoms with van der Waals surface area (Å²) < 4.78 is 13.5. The minimum absolute atomic E-state index is 0.00277. The van der Waals surface area contributed by atoms with E-state index in [9.17, 15) is 14.4 Å². The van der Waals surface area contributed by atoms with Crippen LogP contribution in [-0.4, -0.2) is 15.0 Å². The molecule has 108 valence electrons. The van der Waals surface area contributed by atoms with Crippen LogP contribution in [0, 0.1) is 17.1 Å². The quantitative estimate of drug-likeness (QED) is 0.616. The van der Waals surface area contributed by atoms with E-state index in [4.69, 9.17) is 11.5 Å². The van der Waals surface area contributed by atoms with Gasteiger partial charge in [-0.15, -0.1) is 0 Å². The van der Waals surface area contributed by atoms with Gasteiger partial charge in [-0.25, -0.2) is 9.37 Å². The Bertz CT molecular complexity index is 1000. The SMILES string of the molecule is N#Cc1c(N)nc2nc(N)[nH]c(=O)c2c1-c1cccc(F)c1. The molecule has 0 saturated carbocycles. The molecular formula is C14H9FN6O. The molecule has 0 radical (unpaired) electrons. The number of rotatable bonds is 1. The molecule has 2 heterocycles. The Hall–Kier alpha value is -3.47. The third kappa shape index (κ3) is 2.01. The van der Waals surface area contributed by atoms with Crippen LogP contribution in [0.3, 0.4) is 0 Å². The number of H-pyrrole nitrogens is 1. The van der Waals surface area contributed by atoms with Gasteiger partial charge < -0.3 is 11.5 Å². The average Bonchev–Trinajstić information content (AvgIpc) is 2.45. The van der Waals surface area contributed by atoms with Crippen LogP contribution < -0.4 is 17.0 Å². The molecule has 2 aromatic heterocycles. The highest BCUT2D eigenvalue weighted by Crippen LogP contribution is 2.31. The lowest BCUT2D eigenvalue weighted by atomic mass is 9.98. The monoisotopic (exact) mass is 296 g/mol. The molecule has 0 unspecified atom stereocenters. The van der Waals surface area contributed by atoms with Crippen molar-refractivity contribution in [2.45, 2.75) is 0 Å². The molecule has 0 fully saturated rings. The number of hydrogen-bond donors (Lipinski definition) is 3. The lowest BCUT2D eigenvalue weighted by Gasteiger charge is -2.10. The maximum atomic E-state index is 13.5. The zero-order chi connectivity index (χ0) is 15.9. The van der Waals surface area contributed by atoms with Crippen molar-refractivity contribution in [2.75, 3.05) is 11.5 Å². The van der Waals surface area contributed by atoms with Gasteiger partial charge in [0.25, 0.3) is 5.56 Å². The van der Waals surface area contributed by atoms with E-state index in [1.54, 1.807) is 6.07 Å². The number of halogens is 1. The van der Waals surface area contributed by atoms with Gasteiger partial charge in [-0.3, -0.25) is 9.78 Å². The summed E-state index contributed by atoms with van der Waals surface area (Å²) in [6, 6.07) is 7.37. The smallest absolute Gasteiger partial charge is 0.262 e. The summed E-state index contributed by atoms with van der Waals surface area (Å²) >= 11 is 0. The van der Waals surface area contributed by atoms with E-state index in [1.165, 1.54) is 18.2 Å². The Kier molecular flexibility index (Phi) is 2.96. The second-order valence-corrected chi connectivity index (χ2v) is 4.52. The van der Waals surface area contributed by atoms with Crippen LogP contribution in [0.5, 0.6) is 0 Å². The number of nitrogens with zero attached hydrogens (tertiary/aromatic N) is 3. The van der Waals surface area contributed by atoms with Crippen molar-refractivity contribution in [2.24, 2.45) is 0 Å². The molecular weight excluding hydrogens is 287 g/mol. The van der Waals surface area contributed by atoms with Gasteiger partial charge in [0.15, 0.2) is 5.65 Å². The zero-order valence-electron chi connectivity index (χ0n) is 11.1. The molecule has 0 spiro atoms. The third-order valence-electron chi connectivity index (χ3n) is 3.13. The van der Waals surface area contributed by atoms with Gasteiger partial charge in [0.2, 0.25) is 5.95 Å². The van der Waals surface area contributed by atoms with E-state index in [1.807, 2.05) is 6.07 Å². The molecule has 0 aliphatic carbocycles. The van der Waals surface area contributed by atoms with E-state index in [0.29, 0.717) is 5.56 Å². The fraction of sp³-hybridized carbons (Fsp3) is 0. The van der Waals surface area contributed by atoms with Gasteiger partial charge in [0.1, 0.15) is 23.3 Å². The van der Waals surface area contributed by atoms with Crippen LogP contribution in [0.15, 0.2) is 29.1 Å². The topological polar surface area (TPSA) is 134 Å². The Labute approximate surface area is 123 Å². The number of anilines is 2. The summed E-state index contributed by atoms with van der Waals surface area (Å²) in [6.07, 6.45) is 0. The van der Waals surface area contributed by atoms with E-state index < -0.39 is 11.4 Å². The number of pyridine rings is 1. The molecule has 7 nitrogen and oxygen atoms in total. The Morgan fingerprint density at radius 1 is 1.27 bits per heavy atom. The molecule has 0 aliphatic heterocycles. The van der Waals surface area contributed by atoms with E-state index >= 15 is 0 Å². The van der Waals surface area contributed by atoms with E-state index in [0.717, 1.165) is 0 Å². The molecule has 8 heteroatoms. The normalized spacial score (nSPS) is 10.5. The zero-order valence-corrected chi connectivity index (χ0v) is 11.1. The Morgan fingerprint density at radius 2 is 2.05 bits per heavy atom. The van der Waals surface area contributed by atoms with Crippen molar-refractivity contribution in [1.82, 2.24) is 15.0 Å². The summed E-state index contributed by atoms with van der Waals surface area (Å²) in [5.74, 6) is -0.740. The number of nitrogens with one attached hydrogen (secondary N) is 1. The number of hydrogen-bond acceptors (Lipinski definition) is 6. The van der Waals surface area contributed by atoms with Crippen molar-refractivity contribution < 1.29 is 4.39 Å². The molecule has 0 saturated heterocycles. The minimum atomic E-state index is -0.578. The van der Waals surface area contributed by atoms with Crippen LogP contribution >= 0.6 is 0 Å². The molecule has 22 heavy (non-hydrogen) atoms. The number of nitrogens with two attached hydrogens (primary N) is 2.